The third kappa shape index (κ3) is 1.52. The van der Waals surface area contributed by atoms with Gasteiger partial charge in [-0.25, -0.2) is 0 Å². The summed E-state index contributed by atoms with van der Waals surface area (Å²) in [6.07, 6.45) is 4.77. The number of aliphatic hydroxyl groups excluding tert-OH is 1. The second kappa shape index (κ2) is 3.59. The van der Waals surface area contributed by atoms with Crippen LogP contribution in [0, 0.1) is 0 Å². The van der Waals surface area contributed by atoms with Gasteiger partial charge in [0.25, 0.3) is 0 Å². The molecule has 4 heteroatoms. The lowest BCUT2D eigenvalue weighted by Gasteiger charge is -2.14. The smallest absolute Gasteiger partial charge is 0.143 e. The molecule has 1 atom stereocenters. The van der Waals surface area contributed by atoms with E-state index in [4.69, 9.17) is 0 Å². The van der Waals surface area contributed by atoms with Crippen LogP contribution in [0.5, 0.6) is 5.75 Å². The Morgan fingerprint density at radius 3 is 3.00 bits per heavy atom. The Balaban J connectivity index is 2.44. The zero-order valence-corrected chi connectivity index (χ0v) is 7.46. The number of aliphatic hydroxyl groups is 1. The van der Waals surface area contributed by atoms with Crippen molar-refractivity contribution in [1.29, 1.82) is 0 Å². The van der Waals surface area contributed by atoms with Gasteiger partial charge in [-0.2, -0.15) is 0 Å². The standard InChI is InChI=1S/C10H10N2O2/c13-7-3-1-5-11-9(7)10-8(14)4-2-6-12-10/h1-3,5-6,8,13-14H,4H2. The molecule has 0 bridgehead atoms. The van der Waals surface area contributed by atoms with E-state index in [2.05, 4.69) is 9.98 Å². The van der Waals surface area contributed by atoms with E-state index >= 15 is 0 Å². The molecule has 0 fully saturated rings. The molecule has 0 spiro atoms. The van der Waals surface area contributed by atoms with Gasteiger partial charge in [0, 0.05) is 12.4 Å². The van der Waals surface area contributed by atoms with Crippen molar-refractivity contribution in [3.63, 3.8) is 0 Å². The van der Waals surface area contributed by atoms with Gasteiger partial charge in [0.1, 0.15) is 17.5 Å². The Morgan fingerprint density at radius 2 is 2.29 bits per heavy atom. The molecule has 2 N–H and O–H groups in total. The largest absolute Gasteiger partial charge is 0.506 e. The lowest BCUT2D eigenvalue weighted by atomic mass is 10.1. The lowest BCUT2D eigenvalue weighted by Crippen LogP contribution is -2.23. The number of hydrogen-bond acceptors (Lipinski definition) is 4. The highest BCUT2D eigenvalue weighted by Crippen LogP contribution is 2.18. The van der Waals surface area contributed by atoms with Gasteiger partial charge < -0.3 is 10.2 Å². The Kier molecular flexibility index (Phi) is 2.28. The molecule has 0 radical (unpaired) electrons. The predicted octanol–water partition coefficient (Wildman–Crippen LogP) is 0.855. The van der Waals surface area contributed by atoms with Gasteiger partial charge in [0.2, 0.25) is 0 Å². The average molecular weight is 190 g/mol. The molecular weight excluding hydrogens is 180 g/mol. The van der Waals surface area contributed by atoms with E-state index in [1.54, 1.807) is 24.5 Å². The zero-order chi connectivity index (χ0) is 9.97. The molecule has 72 valence electrons. The van der Waals surface area contributed by atoms with Gasteiger partial charge >= 0.3 is 0 Å². The molecule has 1 aliphatic rings. The van der Waals surface area contributed by atoms with Crippen LogP contribution < -0.4 is 0 Å². The molecule has 14 heavy (non-hydrogen) atoms. The van der Waals surface area contributed by atoms with Crippen molar-refractivity contribution in [2.75, 3.05) is 0 Å². The number of nitrogens with zero attached hydrogens (tertiary/aromatic N) is 2. The summed E-state index contributed by atoms with van der Waals surface area (Å²) >= 11 is 0. The quantitative estimate of drug-likeness (QED) is 0.690. The fourth-order valence-corrected chi connectivity index (χ4v) is 1.33. The number of rotatable bonds is 1. The number of hydrogen-bond donors (Lipinski definition) is 2. The number of aromatic nitrogens is 1. The minimum Gasteiger partial charge on any atom is -0.506 e. The summed E-state index contributed by atoms with van der Waals surface area (Å²) in [6.45, 7) is 0. The highest BCUT2D eigenvalue weighted by Gasteiger charge is 2.19. The summed E-state index contributed by atoms with van der Waals surface area (Å²) in [6, 6.07) is 3.15. The molecule has 1 unspecified atom stereocenters. The maximum absolute atomic E-state index is 9.61. The van der Waals surface area contributed by atoms with Crippen LogP contribution >= 0.6 is 0 Å². The van der Waals surface area contributed by atoms with E-state index in [1.807, 2.05) is 0 Å². The molecule has 1 aromatic heterocycles. The van der Waals surface area contributed by atoms with Gasteiger partial charge in [-0.3, -0.25) is 9.98 Å². The van der Waals surface area contributed by atoms with Gasteiger partial charge in [-0.05, 0) is 18.6 Å². The van der Waals surface area contributed by atoms with Crippen LogP contribution in [-0.4, -0.2) is 27.0 Å². The molecule has 0 saturated heterocycles. The van der Waals surface area contributed by atoms with E-state index in [0.29, 0.717) is 17.8 Å². The summed E-state index contributed by atoms with van der Waals surface area (Å²) in [5, 5.41) is 19.1. The monoisotopic (exact) mass is 190 g/mol. The molecule has 0 aromatic carbocycles. The molecule has 1 aromatic rings. The number of pyridine rings is 1. The molecule has 2 heterocycles. The Bertz CT molecular complexity index is 399. The van der Waals surface area contributed by atoms with E-state index in [9.17, 15) is 10.2 Å². The third-order valence-corrected chi connectivity index (χ3v) is 2.02. The average Bonchev–Trinajstić information content (AvgIpc) is 2.20. The third-order valence-electron chi connectivity index (χ3n) is 2.02. The summed E-state index contributed by atoms with van der Waals surface area (Å²) in [5.41, 5.74) is 0.773. The van der Waals surface area contributed by atoms with Gasteiger partial charge in [0.15, 0.2) is 0 Å². The highest BCUT2D eigenvalue weighted by atomic mass is 16.3. The van der Waals surface area contributed by atoms with Crippen molar-refractivity contribution in [2.45, 2.75) is 12.5 Å². The normalized spacial score (nSPS) is 20.6. The molecule has 4 nitrogen and oxygen atoms in total. The minimum absolute atomic E-state index is 0.0422. The van der Waals surface area contributed by atoms with Crippen LogP contribution in [0.25, 0.3) is 0 Å². The highest BCUT2D eigenvalue weighted by molar-refractivity contribution is 6.04. The maximum atomic E-state index is 9.61. The van der Waals surface area contributed by atoms with Crippen molar-refractivity contribution in [3.8, 4) is 5.75 Å². The fraction of sp³-hybridized carbons (Fsp3) is 0.200. The Hall–Kier alpha value is -1.68. The first-order valence-corrected chi connectivity index (χ1v) is 4.34. The Morgan fingerprint density at radius 1 is 1.43 bits per heavy atom. The molecule has 0 saturated carbocycles. The van der Waals surface area contributed by atoms with Crippen LogP contribution in [-0.2, 0) is 0 Å². The van der Waals surface area contributed by atoms with Crippen LogP contribution in [0.1, 0.15) is 12.1 Å². The Labute approximate surface area is 81.3 Å². The molecular formula is C10H10N2O2. The number of aliphatic imine (C=N–C) groups is 1. The first-order chi connectivity index (χ1) is 6.79. The van der Waals surface area contributed by atoms with Gasteiger partial charge in [0.05, 0.1) is 5.71 Å². The van der Waals surface area contributed by atoms with E-state index < -0.39 is 6.10 Å². The molecule has 2 rings (SSSR count). The van der Waals surface area contributed by atoms with Crippen LogP contribution in [0.15, 0.2) is 35.6 Å². The zero-order valence-electron chi connectivity index (χ0n) is 7.46. The summed E-state index contributed by atoms with van der Waals surface area (Å²) in [7, 11) is 0. The van der Waals surface area contributed by atoms with E-state index in [-0.39, 0.29) is 5.75 Å². The van der Waals surface area contributed by atoms with Crippen molar-refractivity contribution in [3.05, 3.63) is 36.3 Å². The fourth-order valence-electron chi connectivity index (χ4n) is 1.33. The number of aromatic hydroxyl groups is 1. The van der Waals surface area contributed by atoms with Gasteiger partial charge in [-0.1, -0.05) is 6.08 Å². The van der Waals surface area contributed by atoms with Crippen molar-refractivity contribution in [1.82, 2.24) is 4.98 Å². The maximum Gasteiger partial charge on any atom is 0.143 e. The van der Waals surface area contributed by atoms with Crippen molar-refractivity contribution >= 4 is 5.71 Å². The SMILES string of the molecule is Oc1cccnc1C1=NC=CCC1O. The van der Waals surface area contributed by atoms with Gasteiger partial charge in [-0.15, -0.1) is 0 Å². The van der Waals surface area contributed by atoms with E-state index in [0.717, 1.165) is 0 Å². The first-order valence-electron chi connectivity index (χ1n) is 4.34. The molecule has 1 aliphatic heterocycles. The van der Waals surface area contributed by atoms with Crippen molar-refractivity contribution in [2.24, 2.45) is 4.99 Å². The van der Waals surface area contributed by atoms with E-state index in [1.165, 1.54) is 6.07 Å². The van der Waals surface area contributed by atoms with Crippen LogP contribution in [0.2, 0.25) is 0 Å². The van der Waals surface area contributed by atoms with Crippen molar-refractivity contribution < 1.29 is 10.2 Å². The summed E-state index contributed by atoms with van der Waals surface area (Å²) < 4.78 is 0. The lowest BCUT2D eigenvalue weighted by molar-refractivity contribution is 0.243. The molecule has 0 amide bonds. The second-order valence-corrected chi connectivity index (χ2v) is 3.02. The minimum atomic E-state index is -0.680. The van der Waals surface area contributed by atoms with Crippen LogP contribution in [0.3, 0.4) is 0 Å². The second-order valence-electron chi connectivity index (χ2n) is 3.02. The molecule has 0 aliphatic carbocycles. The summed E-state index contributed by atoms with van der Waals surface area (Å²) in [5.74, 6) is 0.0422. The predicted molar refractivity (Wildman–Crippen MR) is 52.2 cm³/mol. The summed E-state index contributed by atoms with van der Waals surface area (Å²) in [4.78, 5) is 7.98. The van der Waals surface area contributed by atoms with Crippen LogP contribution in [0.4, 0.5) is 0 Å². The first kappa shape index (κ1) is 8.90. The topological polar surface area (TPSA) is 65.7 Å².